The van der Waals surface area contributed by atoms with Crippen LogP contribution in [0.1, 0.15) is 23.1 Å². The molecule has 1 fully saturated rings. The van der Waals surface area contributed by atoms with Crippen LogP contribution in [0.5, 0.6) is 0 Å². The van der Waals surface area contributed by atoms with Crippen molar-refractivity contribution in [3.63, 3.8) is 0 Å². The first-order valence-electron chi connectivity index (χ1n) is 6.07. The Kier molecular flexibility index (Phi) is 3.48. The number of carbonyl (C=O) groups is 1. The van der Waals surface area contributed by atoms with E-state index >= 15 is 0 Å². The first kappa shape index (κ1) is 12.1. The Morgan fingerprint density at radius 2 is 2.18 bits per heavy atom. The van der Waals surface area contributed by atoms with E-state index in [1.807, 2.05) is 0 Å². The first-order valence-corrected chi connectivity index (χ1v) is 6.07. The van der Waals surface area contributed by atoms with E-state index in [1.54, 1.807) is 0 Å². The van der Waals surface area contributed by atoms with Gasteiger partial charge in [-0.2, -0.15) is 0 Å². The summed E-state index contributed by atoms with van der Waals surface area (Å²) in [5.74, 6) is -0.839. The number of hydrogen-bond acceptors (Lipinski definition) is 2. The minimum atomic E-state index is -0.660. The van der Waals surface area contributed by atoms with Crippen LogP contribution in [0, 0.1) is 19.8 Å². The number of likely N-dealkylation sites (tertiary alicyclic amines) is 1. The number of rotatable bonds is 3. The Labute approximate surface area is 102 Å². The molecule has 2 rings (SSSR count). The summed E-state index contributed by atoms with van der Waals surface area (Å²) in [5.41, 5.74) is 3.88. The molecule has 17 heavy (non-hydrogen) atoms. The van der Waals surface area contributed by atoms with Crippen molar-refractivity contribution in [2.45, 2.75) is 26.8 Å². The lowest BCUT2D eigenvalue weighted by Gasteiger charge is -2.16. The van der Waals surface area contributed by atoms with Crippen molar-refractivity contribution in [1.29, 1.82) is 0 Å². The fourth-order valence-electron chi connectivity index (χ4n) is 2.34. The molecule has 3 heteroatoms. The van der Waals surface area contributed by atoms with Crippen molar-refractivity contribution in [3.05, 3.63) is 34.9 Å². The lowest BCUT2D eigenvalue weighted by molar-refractivity contribution is -0.141. The van der Waals surface area contributed by atoms with Crippen LogP contribution < -0.4 is 0 Å². The third-order valence-corrected chi connectivity index (χ3v) is 3.60. The number of aryl methyl sites for hydroxylation is 2. The standard InChI is InChI=1S/C14H19NO2/c1-10-3-4-12(7-11(10)2)8-15-6-5-13(9-15)14(16)17/h3-4,7,13H,5-6,8-9H2,1-2H3,(H,16,17)/t13-/m0/s1. The Balaban J connectivity index is 1.98. The van der Waals surface area contributed by atoms with E-state index in [0.717, 1.165) is 19.5 Å². The van der Waals surface area contributed by atoms with Gasteiger partial charge in [-0.25, -0.2) is 0 Å². The minimum absolute atomic E-state index is 0.179. The van der Waals surface area contributed by atoms with Crippen LogP contribution in [-0.4, -0.2) is 29.1 Å². The molecule has 1 N–H and O–H groups in total. The van der Waals surface area contributed by atoms with Crippen molar-refractivity contribution in [3.8, 4) is 0 Å². The highest BCUT2D eigenvalue weighted by atomic mass is 16.4. The monoisotopic (exact) mass is 233 g/mol. The summed E-state index contributed by atoms with van der Waals surface area (Å²) in [5, 5.41) is 8.95. The topological polar surface area (TPSA) is 40.5 Å². The molecular weight excluding hydrogens is 214 g/mol. The Bertz CT molecular complexity index is 428. The second-order valence-electron chi connectivity index (χ2n) is 4.98. The van der Waals surface area contributed by atoms with Crippen LogP contribution in [0.2, 0.25) is 0 Å². The molecule has 1 aromatic carbocycles. The quantitative estimate of drug-likeness (QED) is 0.870. The third kappa shape index (κ3) is 2.86. The average molecular weight is 233 g/mol. The highest BCUT2D eigenvalue weighted by Gasteiger charge is 2.27. The fraction of sp³-hybridized carbons (Fsp3) is 0.500. The van der Waals surface area contributed by atoms with Gasteiger partial charge in [-0.05, 0) is 43.5 Å². The van der Waals surface area contributed by atoms with Crippen molar-refractivity contribution < 1.29 is 9.90 Å². The van der Waals surface area contributed by atoms with Crippen molar-refractivity contribution >= 4 is 5.97 Å². The summed E-state index contributed by atoms with van der Waals surface area (Å²) in [4.78, 5) is 13.1. The number of carboxylic acid groups (broad SMARTS) is 1. The van der Waals surface area contributed by atoms with Crippen molar-refractivity contribution in [2.75, 3.05) is 13.1 Å². The number of carboxylic acids is 1. The van der Waals surface area contributed by atoms with Crippen LogP contribution in [0.4, 0.5) is 0 Å². The van der Waals surface area contributed by atoms with Gasteiger partial charge in [0.15, 0.2) is 0 Å². The molecule has 1 aliphatic rings. The molecule has 1 atom stereocenters. The number of benzene rings is 1. The van der Waals surface area contributed by atoms with Crippen molar-refractivity contribution in [1.82, 2.24) is 4.90 Å². The van der Waals surface area contributed by atoms with Gasteiger partial charge >= 0.3 is 5.97 Å². The summed E-state index contributed by atoms with van der Waals surface area (Å²) in [6, 6.07) is 6.47. The molecule has 0 amide bonds. The molecular formula is C14H19NO2. The average Bonchev–Trinajstić information content (AvgIpc) is 2.72. The van der Waals surface area contributed by atoms with E-state index in [4.69, 9.17) is 5.11 Å². The van der Waals surface area contributed by atoms with Gasteiger partial charge < -0.3 is 5.11 Å². The number of aliphatic carboxylic acids is 1. The molecule has 3 nitrogen and oxygen atoms in total. The van der Waals surface area contributed by atoms with Crippen LogP contribution >= 0.6 is 0 Å². The predicted octanol–water partition coefficient (Wildman–Crippen LogP) is 2.21. The Morgan fingerprint density at radius 1 is 1.41 bits per heavy atom. The van der Waals surface area contributed by atoms with Crippen molar-refractivity contribution in [2.24, 2.45) is 5.92 Å². The maximum Gasteiger partial charge on any atom is 0.307 e. The minimum Gasteiger partial charge on any atom is -0.481 e. The molecule has 1 saturated heterocycles. The van der Waals surface area contributed by atoms with Crippen LogP contribution in [-0.2, 0) is 11.3 Å². The molecule has 1 heterocycles. The van der Waals surface area contributed by atoms with E-state index in [-0.39, 0.29) is 5.92 Å². The SMILES string of the molecule is Cc1ccc(CN2CC[C@H](C(=O)O)C2)cc1C. The second-order valence-corrected chi connectivity index (χ2v) is 4.98. The van der Waals surface area contributed by atoms with Crippen LogP contribution in [0.15, 0.2) is 18.2 Å². The zero-order chi connectivity index (χ0) is 12.4. The lowest BCUT2D eigenvalue weighted by Crippen LogP contribution is -2.22. The number of nitrogens with zero attached hydrogens (tertiary/aromatic N) is 1. The molecule has 0 unspecified atom stereocenters. The summed E-state index contributed by atoms with van der Waals surface area (Å²) in [7, 11) is 0. The van der Waals surface area contributed by atoms with E-state index in [1.165, 1.54) is 16.7 Å². The van der Waals surface area contributed by atoms with E-state index in [9.17, 15) is 4.79 Å². The molecule has 0 aliphatic carbocycles. The maximum absolute atomic E-state index is 10.9. The van der Waals surface area contributed by atoms with E-state index < -0.39 is 5.97 Å². The van der Waals surface area contributed by atoms with Gasteiger partial charge in [0.2, 0.25) is 0 Å². The second kappa shape index (κ2) is 4.88. The Morgan fingerprint density at radius 3 is 2.76 bits per heavy atom. The summed E-state index contributed by atoms with van der Waals surface area (Å²) in [6.45, 7) is 6.66. The van der Waals surface area contributed by atoms with E-state index in [0.29, 0.717) is 6.54 Å². The molecule has 0 spiro atoms. The van der Waals surface area contributed by atoms with Gasteiger partial charge in [-0.1, -0.05) is 18.2 Å². The van der Waals surface area contributed by atoms with Gasteiger partial charge in [-0.15, -0.1) is 0 Å². The van der Waals surface area contributed by atoms with Gasteiger partial charge in [0.1, 0.15) is 0 Å². The first-order chi connectivity index (χ1) is 8.06. The predicted molar refractivity (Wildman–Crippen MR) is 66.9 cm³/mol. The molecule has 0 bridgehead atoms. The summed E-state index contributed by atoms with van der Waals surface area (Å²) < 4.78 is 0. The smallest absolute Gasteiger partial charge is 0.307 e. The molecule has 1 aliphatic heterocycles. The highest BCUT2D eigenvalue weighted by molar-refractivity contribution is 5.70. The van der Waals surface area contributed by atoms with Gasteiger partial charge in [0.25, 0.3) is 0 Å². The molecule has 0 radical (unpaired) electrons. The van der Waals surface area contributed by atoms with Gasteiger partial charge in [0, 0.05) is 13.1 Å². The lowest BCUT2D eigenvalue weighted by atomic mass is 10.1. The van der Waals surface area contributed by atoms with Gasteiger partial charge in [0.05, 0.1) is 5.92 Å². The zero-order valence-electron chi connectivity index (χ0n) is 10.4. The zero-order valence-corrected chi connectivity index (χ0v) is 10.4. The Hall–Kier alpha value is -1.35. The largest absolute Gasteiger partial charge is 0.481 e. The fourth-order valence-corrected chi connectivity index (χ4v) is 2.34. The summed E-state index contributed by atoms with van der Waals surface area (Å²) >= 11 is 0. The van der Waals surface area contributed by atoms with Crippen LogP contribution in [0.3, 0.4) is 0 Å². The molecule has 0 saturated carbocycles. The van der Waals surface area contributed by atoms with E-state index in [2.05, 4.69) is 36.9 Å². The molecule has 92 valence electrons. The maximum atomic E-state index is 10.9. The molecule has 1 aromatic rings. The molecule has 0 aromatic heterocycles. The normalized spacial score (nSPS) is 20.7. The third-order valence-electron chi connectivity index (χ3n) is 3.60. The van der Waals surface area contributed by atoms with Crippen LogP contribution in [0.25, 0.3) is 0 Å². The summed E-state index contributed by atoms with van der Waals surface area (Å²) in [6.07, 6.45) is 0.778. The van der Waals surface area contributed by atoms with Gasteiger partial charge in [-0.3, -0.25) is 9.69 Å². The number of hydrogen-bond donors (Lipinski definition) is 1. The highest BCUT2D eigenvalue weighted by Crippen LogP contribution is 2.19.